The average molecular weight is 372 g/mol. The Balaban J connectivity index is 1.47. The fraction of sp³-hybridized carbons (Fsp3) is 0.412. The fourth-order valence-corrected chi connectivity index (χ4v) is 3.33. The molecular formula is C17H20N6O4. The van der Waals surface area contributed by atoms with Crippen molar-refractivity contribution in [1.82, 2.24) is 28.9 Å². The monoisotopic (exact) mass is 372 g/mol. The first-order valence-corrected chi connectivity index (χ1v) is 8.65. The Morgan fingerprint density at radius 3 is 2.59 bits per heavy atom. The molecule has 0 atom stereocenters. The molecule has 1 fully saturated rings. The van der Waals surface area contributed by atoms with E-state index >= 15 is 0 Å². The summed E-state index contributed by atoms with van der Waals surface area (Å²) >= 11 is 0. The summed E-state index contributed by atoms with van der Waals surface area (Å²) in [4.78, 5) is 47.9. The maximum atomic E-state index is 12.3. The lowest BCUT2D eigenvalue weighted by molar-refractivity contribution is 0.0595. The standard InChI is InChI=1S/C17H20N6O4/c1-20-14-13(16(25)21(2)17(20)26)18-12(19-14)10-22-5-7-23(8-6-22)15(24)11-4-3-9-27-11/h3-4,9H,5-8,10H2,1-2H3,(H,18,19). The van der Waals surface area contributed by atoms with Crippen LogP contribution in [0.2, 0.25) is 0 Å². The molecule has 1 aliphatic heterocycles. The number of aromatic amines is 1. The van der Waals surface area contributed by atoms with E-state index in [0.29, 0.717) is 55.5 Å². The molecule has 142 valence electrons. The Morgan fingerprint density at radius 1 is 1.19 bits per heavy atom. The molecule has 4 heterocycles. The van der Waals surface area contributed by atoms with Gasteiger partial charge in [-0.15, -0.1) is 0 Å². The molecule has 0 spiro atoms. The van der Waals surface area contributed by atoms with Gasteiger partial charge in [-0.3, -0.25) is 23.6 Å². The molecule has 10 nitrogen and oxygen atoms in total. The van der Waals surface area contributed by atoms with Crippen molar-refractivity contribution in [3.05, 3.63) is 50.8 Å². The number of H-pyrrole nitrogens is 1. The van der Waals surface area contributed by atoms with Gasteiger partial charge in [0.1, 0.15) is 11.3 Å². The Bertz CT molecular complexity index is 1100. The summed E-state index contributed by atoms with van der Waals surface area (Å²) in [7, 11) is 3.04. The minimum Gasteiger partial charge on any atom is -0.459 e. The lowest BCUT2D eigenvalue weighted by Gasteiger charge is -2.33. The van der Waals surface area contributed by atoms with Gasteiger partial charge in [0.2, 0.25) is 0 Å². The van der Waals surface area contributed by atoms with E-state index in [-0.39, 0.29) is 11.5 Å². The second kappa shape index (κ2) is 6.54. The van der Waals surface area contributed by atoms with Gasteiger partial charge in [0.15, 0.2) is 11.4 Å². The third-order valence-electron chi connectivity index (χ3n) is 4.91. The van der Waals surface area contributed by atoms with Crippen molar-refractivity contribution >= 4 is 17.1 Å². The highest BCUT2D eigenvalue weighted by Crippen LogP contribution is 2.12. The van der Waals surface area contributed by atoms with E-state index in [2.05, 4.69) is 14.9 Å². The first-order valence-electron chi connectivity index (χ1n) is 8.65. The number of aryl methyl sites for hydroxylation is 1. The highest BCUT2D eigenvalue weighted by molar-refractivity contribution is 5.91. The number of furan rings is 1. The number of fused-ring (bicyclic) bond motifs is 1. The third kappa shape index (κ3) is 2.97. The molecule has 4 rings (SSSR count). The van der Waals surface area contributed by atoms with Crippen molar-refractivity contribution in [3.63, 3.8) is 0 Å². The van der Waals surface area contributed by atoms with Gasteiger partial charge >= 0.3 is 5.69 Å². The Morgan fingerprint density at radius 2 is 1.93 bits per heavy atom. The minimum atomic E-state index is -0.407. The molecule has 1 N–H and O–H groups in total. The number of carbonyl (C=O) groups excluding carboxylic acids is 1. The van der Waals surface area contributed by atoms with E-state index < -0.39 is 5.69 Å². The van der Waals surface area contributed by atoms with Crippen LogP contribution < -0.4 is 11.2 Å². The quantitative estimate of drug-likeness (QED) is 0.665. The zero-order valence-electron chi connectivity index (χ0n) is 15.1. The summed E-state index contributed by atoms with van der Waals surface area (Å²) < 4.78 is 7.58. The van der Waals surface area contributed by atoms with Crippen LogP contribution in [0, 0.1) is 0 Å². The van der Waals surface area contributed by atoms with Crippen molar-refractivity contribution in [2.75, 3.05) is 26.2 Å². The zero-order valence-corrected chi connectivity index (χ0v) is 15.1. The van der Waals surface area contributed by atoms with Crippen molar-refractivity contribution in [2.24, 2.45) is 14.1 Å². The molecule has 0 radical (unpaired) electrons. The number of hydrogen-bond donors (Lipinski definition) is 1. The van der Waals surface area contributed by atoms with Crippen molar-refractivity contribution in [3.8, 4) is 0 Å². The Hall–Kier alpha value is -3.14. The van der Waals surface area contributed by atoms with Crippen molar-refractivity contribution in [2.45, 2.75) is 6.54 Å². The lowest BCUT2D eigenvalue weighted by Crippen LogP contribution is -2.48. The van der Waals surface area contributed by atoms with E-state index in [0.717, 1.165) is 4.57 Å². The van der Waals surface area contributed by atoms with Crippen molar-refractivity contribution in [1.29, 1.82) is 0 Å². The van der Waals surface area contributed by atoms with Gasteiger partial charge in [0, 0.05) is 40.3 Å². The van der Waals surface area contributed by atoms with Gasteiger partial charge < -0.3 is 14.3 Å². The first-order chi connectivity index (χ1) is 13.0. The molecule has 1 amide bonds. The molecule has 0 aromatic carbocycles. The number of amides is 1. The molecule has 0 saturated carbocycles. The molecule has 1 saturated heterocycles. The minimum absolute atomic E-state index is 0.109. The summed E-state index contributed by atoms with van der Waals surface area (Å²) in [5, 5.41) is 0. The molecule has 0 aliphatic carbocycles. The van der Waals surface area contributed by atoms with Gasteiger partial charge in [-0.25, -0.2) is 9.78 Å². The van der Waals surface area contributed by atoms with Crippen LogP contribution in [-0.4, -0.2) is 61.0 Å². The van der Waals surface area contributed by atoms with Crippen LogP contribution in [0.1, 0.15) is 16.4 Å². The number of piperazine rings is 1. The Labute approximate surface area is 153 Å². The molecule has 27 heavy (non-hydrogen) atoms. The Kier molecular flexibility index (Phi) is 4.19. The van der Waals surface area contributed by atoms with Crippen LogP contribution in [-0.2, 0) is 20.6 Å². The van der Waals surface area contributed by atoms with Gasteiger partial charge in [-0.2, -0.15) is 0 Å². The van der Waals surface area contributed by atoms with Crippen LogP contribution >= 0.6 is 0 Å². The number of aromatic nitrogens is 4. The second-order valence-corrected chi connectivity index (χ2v) is 6.63. The zero-order chi connectivity index (χ0) is 19.1. The first kappa shape index (κ1) is 17.3. The molecule has 3 aromatic heterocycles. The van der Waals surface area contributed by atoms with Crippen LogP contribution in [0.15, 0.2) is 32.4 Å². The number of carbonyl (C=O) groups is 1. The van der Waals surface area contributed by atoms with Crippen LogP contribution in [0.25, 0.3) is 11.2 Å². The van der Waals surface area contributed by atoms with Gasteiger partial charge in [0.25, 0.3) is 11.5 Å². The smallest absolute Gasteiger partial charge is 0.332 e. The maximum absolute atomic E-state index is 12.3. The van der Waals surface area contributed by atoms with E-state index in [4.69, 9.17) is 4.42 Å². The summed E-state index contributed by atoms with van der Waals surface area (Å²) in [6.45, 7) is 3.04. The van der Waals surface area contributed by atoms with Gasteiger partial charge in [-0.05, 0) is 12.1 Å². The highest BCUT2D eigenvalue weighted by atomic mass is 16.3. The lowest BCUT2D eigenvalue weighted by atomic mass is 10.3. The number of rotatable bonds is 3. The number of imidazole rings is 1. The van der Waals surface area contributed by atoms with Gasteiger partial charge in [-0.1, -0.05) is 0 Å². The van der Waals surface area contributed by atoms with Crippen molar-refractivity contribution < 1.29 is 9.21 Å². The van der Waals surface area contributed by atoms with Gasteiger partial charge in [0.05, 0.1) is 12.8 Å². The van der Waals surface area contributed by atoms with Crippen LogP contribution in [0.3, 0.4) is 0 Å². The molecule has 0 unspecified atom stereocenters. The summed E-state index contributed by atoms with van der Waals surface area (Å²) in [6.07, 6.45) is 1.49. The predicted molar refractivity (Wildman–Crippen MR) is 96.5 cm³/mol. The largest absolute Gasteiger partial charge is 0.459 e. The molecule has 1 aliphatic rings. The van der Waals surface area contributed by atoms with Crippen LogP contribution in [0.5, 0.6) is 0 Å². The maximum Gasteiger partial charge on any atom is 0.332 e. The van der Waals surface area contributed by atoms with Crippen LogP contribution in [0.4, 0.5) is 0 Å². The second-order valence-electron chi connectivity index (χ2n) is 6.63. The third-order valence-corrected chi connectivity index (χ3v) is 4.91. The average Bonchev–Trinajstić information content (AvgIpc) is 3.35. The van der Waals surface area contributed by atoms with E-state index in [9.17, 15) is 14.4 Å². The number of nitrogens with zero attached hydrogens (tertiary/aromatic N) is 5. The summed E-state index contributed by atoms with van der Waals surface area (Å²) in [5.74, 6) is 0.855. The summed E-state index contributed by atoms with van der Waals surface area (Å²) in [5.41, 5.74) is -0.123. The molecule has 10 heteroatoms. The van der Waals surface area contributed by atoms with E-state index in [1.54, 1.807) is 24.1 Å². The molecule has 3 aromatic rings. The molecule has 0 bridgehead atoms. The van der Waals surface area contributed by atoms with E-state index in [1.807, 2.05) is 0 Å². The number of nitrogens with one attached hydrogen (secondary N) is 1. The SMILES string of the molecule is Cn1c(=O)c2[nH]c(CN3CCN(C(=O)c4ccco4)CC3)nc2n(C)c1=O. The number of hydrogen-bond acceptors (Lipinski definition) is 6. The normalized spacial score (nSPS) is 15.6. The fourth-order valence-electron chi connectivity index (χ4n) is 3.33. The highest BCUT2D eigenvalue weighted by Gasteiger charge is 2.24. The topological polar surface area (TPSA) is 109 Å². The van der Waals surface area contributed by atoms with E-state index in [1.165, 1.54) is 17.9 Å². The molecular weight excluding hydrogens is 352 g/mol. The summed E-state index contributed by atoms with van der Waals surface area (Å²) in [6, 6.07) is 3.36. The predicted octanol–water partition coefficient (Wildman–Crippen LogP) is -0.489.